The zero-order chi connectivity index (χ0) is 16.5. The number of esters is 1. The van der Waals surface area contributed by atoms with Crippen molar-refractivity contribution in [2.24, 2.45) is 17.3 Å². The predicted octanol–water partition coefficient (Wildman–Crippen LogP) is 3.49. The molecule has 0 aliphatic heterocycles. The van der Waals surface area contributed by atoms with Gasteiger partial charge in [-0.25, -0.2) is 4.79 Å². The van der Waals surface area contributed by atoms with Gasteiger partial charge in [0, 0.05) is 5.41 Å². The molecule has 120 valence electrons. The van der Waals surface area contributed by atoms with Crippen molar-refractivity contribution in [1.82, 2.24) is 0 Å². The highest BCUT2D eigenvalue weighted by molar-refractivity contribution is 5.91. The van der Waals surface area contributed by atoms with Gasteiger partial charge in [0.15, 0.2) is 11.9 Å². The van der Waals surface area contributed by atoms with Crippen molar-refractivity contribution in [2.45, 2.75) is 39.7 Å². The largest absolute Gasteiger partial charge is 0.497 e. The Labute approximate surface area is 131 Å². The lowest BCUT2D eigenvalue weighted by atomic mass is 9.49. The van der Waals surface area contributed by atoms with Crippen LogP contribution in [0.3, 0.4) is 0 Å². The number of rotatable bonds is 5. The highest BCUT2D eigenvalue weighted by Crippen LogP contribution is 2.58. The van der Waals surface area contributed by atoms with Gasteiger partial charge >= 0.3 is 5.97 Å². The highest BCUT2D eigenvalue weighted by atomic mass is 16.6. The van der Waals surface area contributed by atoms with Crippen LogP contribution in [0.25, 0.3) is 0 Å². The van der Waals surface area contributed by atoms with E-state index >= 15 is 0 Å². The molecule has 0 heterocycles. The first-order valence-corrected chi connectivity index (χ1v) is 7.61. The second kappa shape index (κ2) is 5.75. The van der Waals surface area contributed by atoms with Gasteiger partial charge < -0.3 is 9.47 Å². The summed E-state index contributed by atoms with van der Waals surface area (Å²) in [7, 11) is 1.57. The summed E-state index contributed by atoms with van der Waals surface area (Å²) in [6.45, 7) is 8.26. The van der Waals surface area contributed by atoms with Crippen LogP contribution in [0.4, 0.5) is 0 Å². The van der Waals surface area contributed by atoms with Crippen LogP contribution in [0, 0.1) is 17.3 Å². The average molecular weight is 304 g/mol. The topological polar surface area (TPSA) is 52.6 Å². The van der Waals surface area contributed by atoms with Gasteiger partial charge in [-0.1, -0.05) is 27.7 Å². The maximum absolute atomic E-state index is 12.4. The second-order valence-electron chi connectivity index (χ2n) is 6.90. The quantitative estimate of drug-likeness (QED) is 0.617. The predicted molar refractivity (Wildman–Crippen MR) is 83.9 cm³/mol. The summed E-state index contributed by atoms with van der Waals surface area (Å²) in [5, 5.41) is 0. The number of carbonyl (C=O) groups excluding carboxylic acids is 2. The number of methoxy groups -OCH3 is 1. The Morgan fingerprint density at radius 2 is 1.86 bits per heavy atom. The lowest BCUT2D eigenvalue weighted by Crippen LogP contribution is -2.65. The van der Waals surface area contributed by atoms with E-state index in [0.29, 0.717) is 29.6 Å². The Morgan fingerprint density at radius 3 is 2.27 bits per heavy atom. The van der Waals surface area contributed by atoms with Gasteiger partial charge in [-0.15, -0.1) is 0 Å². The summed E-state index contributed by atoms with van der Waals surface area (Å²) in [6.07, 6.45) is 1.39. The van der Waals surface area contributed by atoms with E-state index in [0.717, 1.165) is 6.29 Å². The van der Waals surface area contributed by atoms with Crippen molar-refractivity contribution in [2.75, 3.05) is 7.11 Å². The van der Waals surface area contributed by atoms with Gasteiger partial charge in [-0.05, 0) is 42.5 Å². The molecule has 1 aromatic carbocycles. The molecule has 2 rings (SSSR count). The van der Waals surface area contributed by atoms with Crippen LogP contribution in [-0.2, 0) is 9.53 Å². The van der Waals surface area contributed by atoms with Crippen molar-refractivity contribution in [3.8, 4) is 5.75 Å². The summed E-state index contributed by atoms with van der Waals surface area (Å²) in [4.78, 5) is 24.0. The second-order valence-corrected chi connectivity index (χ2v) is 6.90. The van der Waals surface area contributed by atoms with Crippen LogP contribution in [0.2, 0.25) is 0 Å². The molecule has 0 amide bonds. The van der Waals surface area contributed by atoms with E-state index in [4.69, 9.17) is 9.47 Å². The molecule has 4 nitrogen and oxygen atoms in total. The minimum absolute atomic E-state index is 0.356. The normalized spacial score (nSPS) is 26.2. The monoisotopic (exact) mass is 304 g/mol. The summed E-state index contributed by atoms with van der Waals surface area (Å²) in [6, 6.07) is 6.69. The fourth-order valence-electron chi connectivity index (χ4n) is 3.45. The van der Waals surface area contributed by atoms with E-state index in [-0.39, 0.29) is 5.41 Å². The number of carbonyl (C=O) groups is 2. The molecule has 22 heavy (non-hydrogen) atoms. The van der Waals surface area contributed by atoms with Crippen LogP contribution in [0.1, 0.15) is 44.5 Å². The van der Waals surface area contributed by atoms with Crippen LogP contribution >= 0.6 is 0 Å². The van der Waals surface area contributed by atoms with Crippen LogP contribution in [0.5, 0.6) is 5.75 Å². The zero-order valence-corrected chi connectivity index (χ0v) is 13.9. The summed E-state index contributed by atoms with van der Waals surface area (Å²) in [5.41, 5.74) is -0.963. The Bertz CT molecular complexity index is 559. The average Bonchev–Trinajstić information content (AvgIpc) is 2.50. The Balaban J connectivity index is 2.17. The standard InChI is InChI=1S/C18H24O4/c1-12(2)15-10-18(11-19,17(15,3)4)22-16(20)13-6-8-14(21-5)9-7-13/h6-9,11-12,15H,10H2,1-5H3/t15-,18-/m1/s1. The van der Waals surface area contributed by atoms with Crippen molar-refractivity contribution in [1.29, 1.82) is 0 Å². The molecule has 1 aliphatic carbocycles. The molecule has 1 aliphatic rings. The third-order valence-corrected chi connectivity index (χ3v) is 5.14. The van der Waals surface area contributed by atoms with Gasteiger partial charge in [0.05, 0.1) is 12.7 Å². The van der Waals surface area contributed by atoms with E-state index < -0.39 is 11.6 Å². The Hall–Kier alpha value is -1.84. The Morgan fingerprint density at radius 1 is 1.27 bits per heavy atom. The van der Waals surface area contributed by atoms with E-state index in [9.17, 15) is 9.59 Å². The van der Waals surface area contributed by atoms with Crippen LogP contribution in [-0.4, -0.2) is 25.0 Å². The summed E-state index contributed by atoms with van der Waals surface area (Å²) >= 11 is 0. The van der Waals surface area contributed by atoms with Crippen molar-refractivity contribution < 1.29 is 19.1 Å². The molecule has 1 aromatic rings. The number of ether oxygens (including phenoxy) is 2. The van der Waals surface area contributed by atoms with Crippen LogP contribution in [0.15, 0.2) is 24.3 Å². The molecule has 0 bridgehead atoms. The third kappa shape index (κ3) is 2.51. The van der Waals surface area contributed by atoms with Crippen molar-refractivity contribution >= 4 is 12.3 Å². The fraction of sp³-hybridized carbons (Fsp3) is 0.556. The molecule has 0 N–H and O–H groups in total. The lowest BCUT2D eigenvalue weighted by molar-refractivity contribution is -0.197. The van der Waals surface area contributed by atoms with Crippen molar-refractivity contribution in [3.05, 3.63) is 29.8 Å². The molecule has 0 unspecified atom stereocenters. The third-order valence-electron chi connectivity index (χ3n) is 5.14. The van der Waals surface area contributed by atoms with E-state index in [1.807, 2.05) is 13.8 Å². The van der Waals surface area contributed by atoms with Gasteiger partial charge in [-0.2, -0.15) is 0 Å². The maximum Gasteiger partial charge on any atom is 0.339 e. The molecular formula is C18H24O4. The number of aldehydes is 1. The Kier molecular flexibility index (Phi) is 4.32. The molecule has 0 spiro atoms. The highest BCUT2D eigenvalue weighted by Gasteiger charge is 2.63. The maximum atomic E-state index is 12.4. The SMILES string of the molecule is COc1ccc(C(=O)O[C@@]2(C=O)C[C@H](C(C)C)C2(C)C)cc1. The zero-order valence-electron chi connectivity index (χ0n) is 13.9. The van der Waals surface area contributed by atoms with E-state index in [1.165, 1.54) is 0 Å². The first kappa shape index (κ1) is 16.5. The fourth-order valence-corrected chi connectivity index (χ4v) is 3.45. The molecule has 4 heteroatoms. The van der Waals surface area contributed by atoms with E-state index in [1.54, 1.807) is 31.4 Å². The molecule has 1 fully saturated rings. The minimum atomic E-state index is -1.03. The first-order valence-electron chi connectivity index (χ1n) is 7.61. The first-order chi connectivity index (χ1) is 10.3. The summed E-state index contributed by atoms with van der Waals surface area (Å²) < 4.78 is 10.7. The molecule has 1 saturated carbocycles. The minimum Gasteiger partial charge on any atom is -0.497 e. The molecule has 0 saturated heterocycles. The number of benzene rings is 1. The molecule has 0 aromatic heterocycles. The van der Waals surface area contributed by atoms with Gasteiger partial charge in [0.25, 0.3) is 0 Å². The smallest absolute Gasteiger partial charge is 0.339 e. The number of hydrogen-bond acceptors (Lipinski definition) is 4. The van der Waals surface area contributed by atoms with Gasteiger partial charge in [-0.3, -0.25) is 4.79 Å². The summed E-state index contributed by atoms with van der Waals surface area (Å²) in [5.74, 6) is 1.01. The van der Waals surface area contributed by atoms with Gasteiger partial charge in [0.1, 0.15) is 5.75 Å². The van der Waals surface area contributed by atoms with Gasteiger partial charge in [0.2, 0.25) is 0 Å². The molecular weight excluding hydrogens is 280 g/mol. The van der Waals surface area contributed by atoms with Crippen LogP contribution < -0.4 is 4.74 Å². The van der Waals surface area contributed by atoms with E-state index in [2.05, 4.69) is 13.8 Å². The molecule has 2 atom stereocenters. The number of hydrogen-bond donors (Lipinski definition) is 0. The lowest BCUT2D eigenvalue weighted by Gasteiger charge is -2.59. The van der Waals surface area contributed by atoms with Crippen molar-refractivity contribution in [3.63, 3.8) is 0 Å². The molecule has 0 radical (unpaired) electrons.